The van der Waals surface area contributed by atoms with E-state index in [0.717, 1.165) is 17.5 Å². The van der Waals surface area contributed by atoms with Gasteiger partial charge in [0, 0.05) is 44.1 Å². The third-order valence-electron chi connectivity index (χ3n) is 4.78. The van der Waals surface area contributed by atoms with Crippen molar-refractivity contribution in [2.24, 2.45) is 0 Å². The van der Waals surface area contributed by atoms with E-state index in [-0.39, 0.29) is 0 Å². The molecule has 0 fully saturated rings. The Morgan fingerprint density at radius 2 is 1.83 bits per heavy atom. The molecule has 0 saturated heterocycles. The lowest BCUT2D eigenvalue weighted by Gasteiger charge is -2.24. The molecule has 0 aliphatic heterocycles. The molecule has 3 rings (SSSR count). The van der Waals surface area contributed by atoms with Crippen molar-refractivity contribution in [1.29, 1.82) is 0 Å². The van der Waals surface area contributed by atoms with Gasteiger partial charge in [-0.1, -0.05) is 37.3 Å². The monoisotopic (exact) mass is 450 g/mol. The fourth-order valence-corrected chi connectivity index (χ4v) is 6.39. The van der Waals surface area contributed by atoms with Gasteiger partial charge in [-0.3, -0.25) is 0 Å². The Bertz CT molecular complexity index is 1020. The molecule has 6 nitrogen and oxygen atoms in total. The highest BCUT2D eigenvalue weighted by molar-refractivity contribution is 7.91. The molecule has 9 heteroatoms. The summed E-state index contributed by atoms with van der Waals surface area (Å²) in [6.45, 7) is 8.18. The highest BCUT2D eigenvalue weighted by Crippen LogP contribution is 2.22. The minimum atomic E-state index is -3.44. The first-order valence-corrected chi connectivity index (χ1v) is 12.7. The fraction of sp³-hybridized carbons (Fsp3) is 0.400. The Labute approximate surface area is 181 Å². The van der Waals surface area contributed by atoms with Gasteiger partial charge in [0.25, 0.3) is 10.0 Å². The first-order valence-electron chi connectivity index (χ1n) is 9.61. The summed E-state index contributed by atoms with van der Waals surface area (Å²) in [7, 11) is -3.44. The van der Waals surface area contributed by atoms with Crippen LogP contribution in [0.25, 0.3) is 0 Å². The third-order valence-corrected chi connectivity index (χ3v) is 8.94. The summed E-state index contributed by atoms with van der Waals surface area (Å²) in [5.74, 6) is 0.802. The number of benzene rings is 1. The van der Waals surface area contributed by atoms with Crippen LogP contribution in [0, 0.1) is 6.92 Å². The normalized spacial score (nSPS) is 11.9. The van der Waals surface area contributed by atoms with Crippen LogP contribution in [0.2, 0.25) is 0 Å². The summed E-state index contributed by atoms with van der Waals surface area (Å²) in [6, 6.07) is 11.7. The second-order valence-electron chi connectivity index (χ2n) is 6.60. The maximum atomic E-state index is 12.8. The molecule has 0 unspecified atom stereocenters. The van der Waals surface area contributed by atoms with Crippen LogP contribution in [0.4, 0.5) is 5.13 Å². The van der Waals surface area contributed by atoms with Crippen LogP contribution in [-0.2, 0) is 16.4 Å². The average Bonchev–Trinajstić information content (AvgIpc) is 3.40. The second kappa shape index (κ2) is 9.80. The molecule has 1 aromatic carbocycles. The van der Waals surface area contributed by atoms with Crippen molar-refractivity contribution in [2.75, 3.05) is 31.1 Å². The zero-order chi connectivity index (χ0) is 20.9. The molecule has 2 aromatic heterocycles. The number of thiophene rings is 1. The van der Waals surface area contributed by atoms with Gasteiger partial charge >= 0.3 is 0 Å². The predicted molar refractivity (Wildman–Crippen MR) is 121 cm³/mol. The molecular formula is C20H26N4O2S3. The number of hydrogen-bond acceptors (Lipinski definition) is 7. The van der Waals surface area contributed by atoms with Gasteiger partial charge in [-0.2, -0.15) is 8.68 Å². The van der Waals surface area contributed by atoms with Gasteiger partial charge in [-0.25, -0.2) is 13.4 Å². The van der Waals surface area contributed by atoms with Gasteiger partial charge in [-0.05, 0) is 36.4 Å². The minimum absolute atomic E-state index is 0.388. The molecule has 3 aromatic rings. The predicted octanol–water partition coefficient (Wildman–Crippen LogP) is 4.04. The molecule has 0 saturated carbocycles. The maximum absolute atomic E-state index is 12.8. The summed E-state index contributed by atoms with van der Waals surface area (Å²) >= 11 is 2.62. The molecule has 29 heavy (non-hydrogen) atoms. The number of anilines is 1. The van der Waals surface area contributed by atoms with Crippen LogP contribution >= 0.6 is 22.9 Å². The molecule has 0 radical (unpaired) electrons. The fourth-order valence-electron chi connectivity index (χ4n) is 3.03. The number of hydrogen-bond donors (Lipinski definition) is 0. The summed E-state index contributed by atoms with van der Waals surface area (Å²) < 4.78 is 32.0. The second-order valence-corrected chi connectivity index (χ2v) is 10.4. The molecule has 0 aliphatic carbocycles. The third kappa shape index (κ3) is 5.22. The van der Waals surface area contributed by atoms with E-state index in [0.29, 0.717) is 30.3 Å². The molecule has 0 aliphatic rings. The van der Waals surface area contributed by atoms with E-state index >= 15 is 0 Å². The average molecular weight is 451 g/mol. The quantitative estimate of drug-likeness (QED) is 0.466. The molecule has 0 atom stereocenters. The Hall–Kier alpha value is -1.81. The number of aromatic nitrogens is 2. The molecule has 156 valence electrons. The van der Waals surface area contributed by atoms with Gasteiger partial charge in [0.05, 0.1) is 0 Å². The molecule has 0 N–H and O–H groups in total. The van der Waals surface area contributed by atoms with Gasteiger partial charge in [0.15, 0.2) is 0 Å². The first-order chi connectivity index (χ1) is 14.0. The number of sulfonamides is 1. The lowest BCUT2D eigenvalue weighted by atomic mass is 10.1. The van der Waals surface area contributed by atoms with Crippen molar-refractivity contribution < 1.29 is 8.42 Å². The minimum Gasteiger partial charge on any atom is -0.346 e. The molecular weight excluding hydrogens is 424 g/mol. The molecule has 0 spiro atoms. The van der Waals surface area contributed by atoms with Crippen molar-refractivity contribution in [3.05, 3.63) is 58.7 Å². The largest absolute Gasteiger partial charge is 0.346 e. The topological polar surface area (TPSA) is 66.4 Å². The van der Waals surface area contributed by atoms with Crippen LogP contribution in [0.5, 0.6) is 0 Å². The maximum Gasteiger partial charge on any atom is 0.252 e. The summed E-state index contributed by atoms with van der Waals surface area (Å²) in [4.78, 5) is 6.79. The van der Waals surface area contributed by atoms with Gasteiger partial charge < -0.3 is 4.90 Å². The zero-order valence-electron chi connectivity index (χ0n) is 16.9. The van der Waals surface area contributed by atoms with Crippen molar-refractivity contribution >= 4 is 38.0 Å². The van der Waals surface area contributed by atoms with E-state index in [4.69, 9.17) is 4.98 Å². The van der Waals surface area contributed by atoms with Gasteiger partial charge in [0.1, 0.15) is 10.0 Å². The number of likely N-dealkylation sites (N-methyl/N-ethyl adjacent to an activating group) is 2. The molecule has 0 bridgehead atoms. The Morgan fingerprint density at radius 3 is 2.48 bits per heavy atom. The summed E-state index contributed by atoms with van der Waals surface area (Å²) in [6.07, 6.45) is 0.703. The van der Waals surface area contributed by atoms with E-state index in [2.05, 4.69) is 28.3 Å². The number of aryl methyl sites for hydroxylation is 1. The van der Waals surface area contributed by atoms with Gasteiger partial charge in [-0.15, -0.1) is 11.3 Å². The lowest BCUT2D eigenvalue weighted by Crippen LogP contribution is -2.38. The van der Waals surface area contributed by atoms with Crippen LogP contribution < -0.4 is 4.90 Å². The highest BCUT2D eigenvalue weighted by atomic mass is 32.2. The van der Waals surface area contributed by atoms with Crippen LogP contribution in [0.3, 0.4) is 0 Å². The standard InChI is InChI=1S/C20H26N4O2S3/c1-4-23(12-13-24(5-2)29(25,26)19-11-8-14-27-19)20-21-18(22-28-20)15-17-10-7-6-9-16(17)3/h6-11,14H,4-5,12-13,15H2,1-3H3. The van der Waals surface area contributed by atoms with Gasteiger partial charge in [0.2, 0.25) is 5.13 Å². The Balaban J connectivity index is 1.67. The SMILES string of the molecule is CCN(CCN(CC)S(=O)(=O)c1cccs1)c1nc(Cc2ccccc2C)ns1. The van der Waals surface area contributed by atoms with Crippen molar-refractivity contribution in [3.63, 3.8) is 0 Å². The van der Waals surface area contributed by atoms with Crippen LogP contribution in [0.15, 0.2) is 46.0 Å². The van der Waals surface area contributed by atoms with Crippen LogP contribution in [0.1, 0.15) is 30.8 Å². The molecule has 2 heterocycles. The number of nitrogens with zero attached hydrogens (tertiary/aromatic N) is 4. The molecule has 0 amide bonds. The van der Waals surface area contributed by atoms with E-state index in [1.54, 1.807) is 17.5 Å². The highest BCUT2D eigenvalue weighted by Gasteiger charge is 2.24. The zero-order valence-corrected chi connectivity index (χ0v) is 19.4. The summed E-state index contributed by atoms with van der Waals surface area (Å²) in [5, 5.41) is 2.62. The Kier molecular flexibility index (Phi) is 7.39. The lowest BCUT2D eigenvalue weighted by molar-refractivity contribution is 0.432. The van der Waals surface area contributed by atoms with E-state index in [1.165, 1.54) is 38.3 Å². The van der Waals surface area contributed by atoms with Crippen molar-refractivity contribution in [2.45, 2.75) is 31.4 Å². The van der Waals surface area contributed by atoms with E-state index in [1.807, 2.05) is 26.0 Å². The summed E-state index contributed by atoms with van der Waals surface area (Å²) in [5.41, 5.74) is 2.45. The smallest absolute Gasteiger partial charge is 0.252 e. The number of rotatable bonds is 10. The van der Waals surface area contributed by atoms with E-state index < -0.39 is 10.0 Å². The van der Waals surface area contributed by atoms with E-state index in [9.17, 15) is 8.42 Å². The van der Waals surface area contributed by atoms with Crippen molar-refractivity contribution in [1.82, 2.24) is 13.7 Å². The van der Waals surface area contributed by atoms with Crippen LogP contribution in [-0.4, -0.2) is 48.3 Å². The first kappa shape index (κ1) is 21.9. The van der Waals surface area contributed by atoms with Crippen molar-refractivity contribution in [3.8, 4) is 0 Å². The Morgan fingerprint density at radius 1 is 1.03 bits per heavy atom.